The summed E-state index contributed by atoms with van der Waals surface area (Å²) in [7, 11) is -3.72. The van der Waals surface area contributed by atoms with Crippen molar-refractivity contribution in [2.24, 2.45) is 0 Å². The van der Waals surface area contributed by atoms with E-state index >= 15 is 0 Å². The van der Waals surface area contributed by atoms with Crippen molar-refractivity contribution in [1.29, 1.82) is 0 Å². The van der Waals surface area contributed by atoms with Crippen LogP contribution in [-0.2, 0) is 14.8 Å². The summed E-state index contributed by atoms with van der Waals surface area (Å²) >= 11 is 0. The minimum Gasteiger partial charge on any atom is -0.478 e. The lowest BCUT2D eigenvalue weighted by molar-refractivity contribution is -0.131. The Bertz CT molecular complexity index is 1000. The van der Waals surface area contributed by atoms with Gasteiger partial charge in [-0.25, -0.2) is 22.2 Å². The van der Waals surface area contributed by atoms with Gasteiger partial charge < -0.3 is 5.11 Å². The highest BCUT2D eigenvalue weighted by Gasteiger charge is 2.19. The average Bonchev–Trinajstić information content (AvgIpc) is 2.97. The van der Waals surface area contributed by atoms with Crippen LogP contribution in [0, 0.1) is 0 Å². The number of nitrogens with zero attached hydrogens (tertiary/aromatic N) is 2. The molecule has 0 saturated heterocycles. The maximum absolute atomic E-state index is 12.6. The fourth-order valence-corrected chi connectivity index (χ4v) is 3.51. The van der Waals surface area contributed by atoms with E-state index in [2.05, 4.69) is 4.98 Å². The first-order valence-electron chi connectivity index (χ1n) is 6.67. The molecule has 7 heteroatoms. The van der Waals surface area contributed by atoms with Crippen LogP contribution in [0.5, 0.6) is 0 Å². The van der Waals surface area contributed by atoms with Gasteiger partial charge in [-0.05, 0) is 35.9 Å². The van der Waals surface area contributed by atoms with Crippen LogP contribution in [0.1, 0.15) is 5.56 Å². The van der Waals surface area contributed by atoms with Crippen LogP contribution in [0.4, 0.5) is 0 Å². The number of rotatable bonds is 4. The van der Waals surface area contributed by atoms with Crippen LogP contribution in [0.3, 0.4) is 0 Å². The second kappa shape index (κ2) is 5.69. The van der Waals surface area contributed by atoms with Gasteiger partial charge in [0.2, 0.25) is 0 Å². The Morgan fingerprint density at radius 2 is 1.91 bits per heavy atom. The van der Waals surface area contributed by atoms with Crippen LogP contribution in [0.15, 0.2) is 65.8 Å². The first kappa shape index (κ1) is 15.0. The molecular formula is C16H12N2O4S. The van der Waals surface area contributed by atoms with Crippen molar-refractivity contribution in [1.82, 2.24) is 8.96 Å². The van der Waals surface area contributed by atoms with Crippen LogP contribution >= 0.6 is 0 Å². The number of aliphatic carboxylic acids is 1. The lowest BCUT2D eigenvalue weighted by atomic mass is 10.2. The third-order valence-corrected chi connectivity index (χ3v) is 4.91. The van der Waals surface area contributed by atoms with E-state index in [1.807, 2.05) is 0 Å². The second-order valence-corrected chi connectivity index (χ2v) is 6.60. The second-order valence-electron chi connectivity index (χ2n) is 4.78. The number of aromatic nitrogens is 2. The van der Waals surface area contributed by atoms with Crippen molar-refractivity contribution in [3.05, 3.63) is 66.5 Å². The molecule has 0 aliphatic heterocycles. The fraction of sp³-hybridized carbons (Fsp3) is 0. The van der Waals surface area contributed by atoms with Crippen molar-refractivity contribution in [3.8, 4) is 0 Å². The number of carbonyl (C=O) groups is 1. The van der Waals surface area contributed by atoms with E-state index in [-0.39, 0.29) is 4.90 Å². The van der Waals surface area contributed by atoms with Gasteiger partial charge >= 0.3 is 5.97 Å². The summed E-state index contributed by atoms with van der Waals surface area (Å²) in [5.41, 5.74) is 0.871. The van der Waals surface area contributed by atoms with E-state index in [9.17, 15) is 13.2 Å². The summed E-state index contributed by atoms with van der Waals surface area (Å²) in [6.45, 7) is 0. The summed E-state index contributed by atoms with van der Waals surface area (Å²) in [6, 6.07) is 11.4. The molecule has 0 bridgehead atoms. The van der Waals surface area contributed by atoms with E-state index in [1.54, 1.807) is 30.3 Å². The van der Waals surface area contributed by atoms with Crippen molar-refractivity contribution in [2.75, 3.05) is 0 Å². The maximum Gasteiger partial charge on any atom is 0.328 e. The Hall–Kier alpha value is -2.93. The van der Waals surface area contributed by atoms with E-state index < -0.39 is 16.0 Å². The van der Waals surface area contributed by atoms with E-state index in [0.29, 0.717) is 16.6 Å². The molecule has 6 nitrogen and oxygen atoms in total. The Kier molecular flexibility index (Phi) is 3.71. The molecule has 0 fully saturated rings. The number of pyridine rings is 1. The summed E-state index contributed by atoms with van der Waals surface area (Å²) < 4.78 is 26.4. The van der Waals surface area contributed by atoms with Gasteiger partial charge in [0.1, 0.15) is 0 Å². The molecule has 1 aromatic carbocycles. The molecule has 0 aliphatic carbocycles. The maximum atomic E-state index is 12.6. The summed E-state index contributed by atoms with van der Waals surface area (Å²) in [6.07, 6.45) is 5.27. The number of carboxylic acid groups (broad SMARTS) is 1. The number of fused-ring (bicyclic) bond motifs is 1. The van der Waals surface area contributed by atoms with Gasteiger partial charge in [-0.3, -0.25) is 0 Å². The number of carboxylic acids is 1. The average molecular weight is 328 g/mol. The fourth-order valence-electron chi connectivity index (χ4n) is 2.18. The minimum atomic E-state index is -3.72. The SMILES string of the molecule is O=C(O)/C=C/c1cnc2c(ccn2S(=O)(=O)c2ccccc2)c1. The summed E-state index contributed by atoms with van der Waals surface area (Å²) in [5, 5.41) is 9.24. The quantitative estimate of drug-likeness (QED) is 0.743. The van der Waals surface area contributed by atoms with Gasteiger partial charge in [0.25, 0.3) is 10.0 Å². The molecule has 116 valence electrons. The van der Waals surface area contributed by atoms with Crippen molar-refractivity contribution < 1.29 is 18.3 Å². The van der Waals surface area contributed by atoms with Gasteiger partial charge in [0.15, 0.2) is 5.65 Å². The number of hydrogen-bond acceptors (Lipinski definition) is 4. The minimum absolute atomic E-state index is 0.175. The van der Waals surface area contributed by atoms with Gasteiger partial charge in [0, 0.05) is 23.9 Å². The third-order valence-electron chi connectivity index (χ3n) is 3.23. The monoisotopic (exact) mass is 328 g/mol. The molecule has 23 heavy (non-hydrogen) atoms. The molecule has 2 heterocycles. The molecule has 2 aromatic heterocycles. The van der Waals surface area contributed by atoms with E-state index in [1.165, 1.54) is 30.6 Å². The molecule has 0 amide bonds. The molecule has 0 unspecified atom stereocenters. The highest BCUT2D eigenvalue weighted by atomic mass is 32.2. The Morgan fingerprint density at radius 3 is 2.61 bits per heavy atom. The lowest BCUT2D eigenvalue weighted by Gasteiger charge is -2.06. The topological polar surface area (TPSA) is 89.3 Å². The zero-order valence-electron chi connectivity index (χ0n) is 11.8. The zero-order chi connectivity index (χ0) is 16.4. The standard InChI is InChI=1S/C16H12N2O4S/c19-15(20)7-6-12-10-13-8-9-18(16(13)17-11-12)23(21,22)14-4-2-1-3-5-14/h1-11H,(H,19,20)/b7-6+. The van der Waals surface area contributed by atoms with Gasteiger partial charge in [-0.1, -0.05) is 18.2 Å². The molecule has 0 aliphatic rings. The van der Waals surface area contributed by atoms with Crippen LogP contribution < -0.4 is 0 Å². The molecule has 3 rings (SSSR count). The third kappa shape index (κ3) is 2.86. The van der Waals surface area contributed by atoms with Gasteiger partial charge in [0.05, 0.1) is 4.90 Å². The van der Waals surface area contributed by atoms with Crippen LogP contribution in [0.2, 0.25) is 0 Å². The van der Waals surface area contributed by atoms with Crippen LogP contribution in [-0.4, -0.2) is 28.5 Å². The van der Waals surface area contributed by atoms with Crippen molar-refractivity contribution in [2.45, 2.75) is 4.90 Å². The Balaban J connectivity index is 2.09. The molecule has 0 saturated carbocycles. The van der Waals surface area contributed by atoms with E-state index in [4.69, 9.17) is 5.11 Å². The number of benzene rings is 1. The molecule has 0 radical (unpaired) electrons. The molecule has 0 spiro atoms. The highest BCUT2D eigenvalue weighted by molar-refractivity contribution is 7.90. The Labute approximate surface area is 132 Å². The van der Waals surface area contributed by atoms with E-state index in [0.717, 1.165) is 10.0 Å². The number of hydrogen-bond donors (Lipinski definition) is 1. The van der Waals surface area contributed by atoms with Gasteiger partial charge in [-0.2, -0.15) is 0 Å². The molecule has 0 atom stereocenters. The predicted octanol–water partition coefficient (Wildman–Crippen LogP) is 2.37. The van der Waals surface area contributed by atoms with Gasteiger partial charge in [-0.15, -0.1) is 0 Å². The van der Waals surface area contributed by atoms with Crippen molar-refractivity contribution >= 4 is 33.1 Å². The first-order valence-corrected chi connectivity index (χ1v) is 8.11. The first-order chi connectivity index (χ1) is 11.0. The highest BCUT2D eigenvalue weighted by Crippen LogP contribution is 2.21. The summed E-state index contributed by atoms with van der Waals surface area (Å²) in [4.78, 5) is 14.9. The van der Waals surface area contributed by atoms with Crippen LogP contribution in [0.25, 0.3) is 17.1 Å². The largest absolute Gasteiger partial charge is 0.478 e. The smallest absolute Gasteiger partial charge is 0.328 e. The summed E-state index contributed by atoms with van der Waals surface area (Å²) in [5.74, 6) is -1.06. The molecule has 1 N–H and O–H groups in total. The molecule has 3 aromatic rings. The molecular weight excluding hydrogens is 316 g/mol. The Morgan fingerprint density at radius 1 is 1.17 bits per heavy atom. The van der Waals surface area contributed by atoms with Crippen molar-refractivity contribution in [3.63, 3.8) is 0 Å². The lowest BCUT2D eigenvalue weighted by Crippen LogP contribution is -2.12. The normalized spacial score (nSPS) is 12.0. The zero-order valence-corrected chi connectivity index (χ0v) is 12.6. The predicted molar refractivity (Wildman–Crippen MR) is 85.4 cm³/mol.